The van der Waals surface area contributed by atoms with Crippen molar-refractivity contribution in [3.8, 4) is 0 Å². The Morgan fingerprint density at radius 2 is 1.10 bits per heavy atom. The molecule has 0 spiro atoms. The molecule has 0 heteroatoms. The van der Waals surface area contributed by atoms with Crippen molar-refractivity contribution in [2.24, 2.45) is 65.1 Å². The molecule has 3 rings (SSSR count). The molecule has 0 saturated heterocycles. The van der Waals surface area contributed by atoms with Crippen LogP contribution in [0.1, 0.15) is 61.3 Å². The molecule has 11 atom stereocenters. The van der Waals surface area contributed by atoms with Gasteiger partial charge in [0.25, 0.3) is 0 Å². The summed E-state index contributed by atoms with van der Waals surface area (Å²) in [5, 5.41) is 0. The van der Waals surface area contributed by atoms with Crippen LogP contribution in [0.25, 0.3) is 0 Å². The lowest BCUT2D eigenvalue weighted by Crippen LogP contribution is -2.42. The smallest absolute Gasteiger partial charge is 0.0326 e. The molecule has 3 aliphatic carbocycles. The Morgan fingerprint density at radius 1 is 0.600 bits per heavy atom. The summed E-state index contributed by atoms with van der Waals surface area (Å²) < 4.78 is 0. The molecule has 0 amide bonds. The Kier molecular flexibility index (Phi) is 3.75. The van der Waals surface area contributed by atoms with E-state index in [0.717, 1.165) is 65.1 Å². The van der Waals surface area contributed by atoms with Crippen LogP contribution in [-0.2, 0) is 0 Å². The van der Waals surface area contributed by atoms with Gasteiger partial charge in [0.15, 0.2) is 0 Å². The number of hydrogen-bond donors (Lipinski definition) is 0. The van der Waals surface area contributed by atoms with E-state index in [1.807, 2.05) is 0 Å². The first-order valence-electron chi connectivity index (χ1n) is 9.40. The molecule has 0 nitrogen and oxygen atoms in total. The maximum Gasteiger partial charge on any atom is -0.0326 e. The monoisotopic (exact) mass is 276 g/mol. The minimum Gasteiger partial charge on any atom is -0.0651 e. The molecule has 0 aromatic heterocycles. The fraction of sp³-hybridized carbons (Fsp3) is 1.00. The largest absolute Gasteiger partial charge is 0.0651 e. The second-order valence-corrected chi connectivity index (χ2v) is 8.94. The zero-order chi connectivity index (χ0) is 14.8. The summed E-state index contributed by atoms with van der Waals surface area (Å²) in [5.74, 6) is 11.0. The van der Waals surface area contributed by atoms with Gasteiger partial charge in [0.05, 0.1) is 0 Å². The number of hydrogen-bond acceptors (Lipinski definition) is 0. The third-order valence-electron chi connectivity index (χ3n) is 8.79. The molecule has 0 aliphatic heterocycles. The van der Waals surface area contributed by atoms with Gasteiger partial charge < -0.3 is 0 Å². The van der Waals surface area contributed by atoms with Gasteiger partial charge in [-0.2, -0.15) is 0 Å². The molecule has 3 fully saturated rings. The van der Waals surface area contributed by atoms with E-state index in [4.69, 9.17) is 0 Å². The lowest BCUT2D eigenvalue weighted by Gasteiger charge is -2.47. The van der Waals surface area contributed by atoms with Crippen molar-refractivity contribution in [2.45, 2.75) is 61.3 Å². The molecule has 0 heterocycles. The van der Waals surface area contributed by atoms with Gasteiger partial charge in [-0.25, -0.2) is 0 Å². The molecule has 3 saturated carbocycles. The van der Waals surface area contributed by atoms with Crippen LogP contribution in [0.3, 0.4) is 0 Å². The van der Waals surface area contributed by atoms with Crippen LogP contribution in [0, 0.1) is 65.1 Å². The van der Waals surface area contributed by atoms with Crippen molar-refractivity contribution in [3.05, 3.63) is 0 Å². The van der Waals surface area contributed by atoms with Crippen molar-refractivity contribution >= 4 is 0 Å². The van der Waals surface area contributed by atoms with Crippen molar-refractivity contribution in [3.63, 3.8) is 0 Å². The molecular weight excluding hydrogens is 240 g/mol. The Labute approximate surface area is 127 Å². The third kappa shape index (κ3) is 1.78. The molecule has 0 aromatic rings. The zero-order valence-corrected chi connectivity index (χ0v) is 14.8. The van der Waals surface area contributed by atoms with E-state index in [0.29, 0.717) is 0 Å². The summed E-state index contributed by atoms with van der Waals surface area (Å²) >= 11 is 0. The summed E-state index contributed by atoms with van der Waals surface area (Å²) in [6.45, 7) is 17.7. The van der Waals surface area contributed by atoms with Crippen LogP contribution in [0.15, 0.2) is 0 Å². The second kappa shape index (κ2) is 5.03. The second-order valence-electron chi connectivity index (χ2n) is 8.94. The topological polar surface area (TPSA) is 0 Å². The van der Waals surface area contributed by atoms with Gasteiger partial charge in [-0.3, -0.25) is 0 Å². The zero-order valence-electron chi connectivity index (χ0n) is 14.8. The predicted molar refractivity (Wildman–Crippen MR) is 87.3 cm³/mol. The maximum absolute atomic E-state index is 2.60. The van der Waals surface area contributed by atoms with Crippen LogP contribution in [0.5, 0.6) is 0 Å². The fourth-order valence-corrected chi connectivity index (χ4v) is 7.40. The highest BCUT2D eigenvalue weighted by Crippen LogP contribution is 2.64. The van der Waals surface area contributed by atoms with Crippen LogP contribution < -0.4 is 0 Å². The van der Waals surface area contributed by atoms with E-state index in [-0.39, 0.29) is 0 Å². The van der Waals surface area contributed by atoms with Gasteiger partial charge in [0.2, 0.25) is 0 Å². The quantitative estimate of drug-likeness (QED) is 0.604. The Morgan fingerprint density at radius 3 is 1.60 bits per heavy atom. The molecule has 3 aliphatic rings. The molecule has 20 heavy (non-hydrogen) atoms. The summed E-state index contributed by atoms with van der Waals surface area (Å²) in [6.07, 6.45) is 2.95. The van der Waals surface area contributed by atoms with Gasteiger partial charge in [-0.1, -0.05) is 54.9 Å². The normalized spacial score (nSPS) is 62.2. The standard InChI is InChI=1S/C20H36/c1-8-16-10(2)12(4)19(14(16)6)18-9-17-11(3)13(5)20(17)15(18)7/h10-20H,8-9H2,1-7H3. The van der Waals surface area contributed by atoms with Gasteiger partial charge in [-0.15, -0.1) is 0 Å². The predicted octanol–water partition coefficient (Wildman–Crippen LogP) is 5.72. The van der Waals surface area contributed by atoms with E-state index in [9.17, 15) is 0 Å². The minimum absolute atomic E-state index is 0.945. The first kappa shape index (κ1) is 14.9. The third-order valence-corrected chi connectivity index (χ3v) is 8.79. The summed E-state index contributed by atoms with van der Waals surface area (Å²) in [4.78, 5) is 0. The molecular formula is C20H36. The maximum atomic E-state index is 2.60. The van der Waals surface area contributed by atoms with E-state index < -0.39 is 0 Å². The van der Waals surface area contributed by atoms with E-state index in [2.05, 4.69) is 48.5 Å². The molecule has 0 aromatic carbocycles. The summed E-state index contributed by atoms with van der Waals surface area (Å²) in [7, 11) is 0. The lowest BCUT2D eigenvalue weighted by molar-refractivity contribution is 0.00530. The van der Waals surface area contributed by atoms with Crippen molar-refractivity contribution < 1.29 is 0 Å². The highest BCUT2D eigenvalue weighted by Gasteiger charge is 2.58. The average molecular weight is 277 g/mol. The van der Waals surface area contributed by atoms with Crippen LogP contribution in [0.4, 0.5) is 0 Å². The molecule has 116 valence electrons. The Balaban J connectivity index is 1.80. The first-order chi connectivity index (χ1) is 9.40. The Bertz CT molecular complexity index is 359. The number of rotatable bonds is 2. The highest BCUT2D eigenvalue weighted by molar-refractivity contribution is 5.06. The highest BCUT2D eigenvalue weighted by atomic mass is 14.6. The van der Waals surface area contributed by atoms with Crippen LogP contribution >= 0.6 is 0 Å². The summed E-state index contributed by atoms with van der Waals surface area (Å²) in [5.41, 5.74) is 0. The van der Waals surface area contributed by atoms with Gasteiger partial charge in [0, 0.05) is 0 Å². The summed E-state index contributed by atoms with van der Waals surface area (Å²) in [6, 6.07) is 0. The van der Waals surface area contributed by atoms with E-state index in [1.54, 1.807) is 6.42 Å². The molecule has 0 radical (unpaired) electrons. The van der Waals surface area contributed by atoms with Gasteiger partial charge in [-0.05, 0) is 71.5 Å². The van der Waals surface area contributed by atoms with Crippen molar-refractivity contribution in [1.82, 2.24) is 0 Å². The van der Waals surface area contributed by atoms with Crippen LogP contribution in [-0.4, -0.2) is 0 Å². The Hall–Kier alpha value is 0. The van der Waals surface area contributed by atoms with E-state index >= 15 is 0 Å². The molecule has 0 N–H and O–H groups in total. The van der Waals surface area contributed by atoms with Gasteiger partial charge >= 0.3 is 0 Å². The van der Waals surface area contributed by atoms with Crippen molar-refractivity contribution in [1.29, 1.82) is 0 Å². The van der Waals surface area contributed by atoms with Gasteiger partial charge in [0.1, 0.15) is 0 Å². The fourth-order valence-electron chi connectivity index (χ4n) is 7.40. The van der Waals surface area contributed by atoms with E-state index in [1.165, 1.54) is 6.42 Å². The molecule has 11 unspecified atom stereocenters. The average Bonchev–Trinajstić information content (AvgIpc) is 2.83. The number of fused-ring (bicyclic) bond motifs is 1. The lowest BCUT2D eigenvalue weighted by atomic mass is 9.58. The van der Waals surface area contributed by atoms with Crippen LogP contribution in [0.2, 0.25) is 0 Å². The minimum atomic E-state index is 0.945. The first-order valence-corrected chi connectivity index (χ1v) is 9.40. The van der Waals surface area contributed by atoms with Crippen molar-refractivity contribution in [2.75, 3.05) is 0 Å². The molecule has 0 bridgehead atoms. The SMILES string of the molecule is CCC1C(C)C(C)C(C2CC3C(C)C(C)C3C2C)C1C.